The summed E-state index contributed by atoms with van der Waals surface area (Å²) in [5, 5.41) is 9.70. The molecular weight excluding hydrogens is 448 g/mol. The zero-order chi connectivity index (χ0) is 23.3. The SMILES string of the molecule is COc1ccc(-c2nnc(SCc3ncc(-c4ccccc4)o3)n2-c2ccc(OC)cc2)cc1. The molecular formula is C26H22N4O3S. The predicted octanol–water partition coefficient (Wildman–Crippen LogP) is 5.90. The third-order valence-electron chi connectivity index (χ3n) is 5.25. The number of benzene rings is 3. The van der Waals surface area contributed by atoms with E-state index >= 15 is 0 Å². The highest BCUT2D eigenvalue weighted by molar-refractivity contribution is 7.98. The highest BCUT2D eigenvalue weighted by Gasteiger charge is 2.18. The van der Waals surface area contributed by atoms with Gasteiger partial charge in [-0.3, -0.25) is 4.57 Å². The first-order valence-electron chi connectivity index (χ1n) is 10.6. The van der Waals surface area contributed by atoms with Crippen LogP contribution < -0.4 is 9.47 Å². The molecule has 0 atom stereocenters. The van der Waals surface area contributed by atoms with E-state index in [-0.39, 0.29) is 0 Å². The highest BCUT2D eigenvalue weighted by atomic mass is 32.2. The monoisotopic (exact) mass is 470 g/mol. The molecule has 34 heavy (non-hydrogen) atoms. The molecule has 0 unspecified atom stereocenters. The molecule has 0 saturated carbocycles. The lowest BCUT2D eigenvalue weighted by atomic mass is 10.2. The lowest BCUT2D eigenvalue weighted by molar-refractivity contribution is 0.414. The van der Waals surface area contributed by atoms with Crippen molar-refractivity contribution in [1.82, 2.24) is 19.7 Å². The minimum atomic E-state index is 0.518. The summed E-state index contributed by atoms with van der Waals surface area (Å²) in [5.41, 5.74) is 2.85. The van der Waals surface area contributed by atoms with Gasteiger partial charge in [-0.15, -0.1) is 10.2 Å². The Kier molecular flexibility index (Phi) is 6.31. The first-order valence-corrected chi connectivity index (χ1v) is 11.6. The van der Waals surface area contributed by atoms with Crippen molar-refractivity contribution >= 4 is 11.8 Å². The molecule has 3 aromatic carbocycles. The van der Waals surface area contributed by atoms with E-state index in [0.29, 0.717) is 11.6 Å². The topological polar surface area (TPSA) is 75.2 Å². The van der Waals surface area contributed by atoms with E-state index in [9.17, 15) is 0 Å². The largest absolute Gasteiger partial charge is 0.497 e. The molecule has 170 valence electrons. The van der Waals surface area contributed by atoms with Crippen LogP contribution in [0.4, 0.5) is 0 Å². The summed E-state index contributed by atoms with van der Waals surface area (Å²) in [6.45, 7) is 0. The molecule has 0 fully saturated rings. The van der Waals surface area contributed by atoms with E-state index < -0.39 is 0 Å². The molecule has 5 aromatic rings. The standard InChI is InChI=1S/C26H22N4O3S/c1-31-21-12-8-19(9-13-21)25-28-29-26(30(25)20-10-14-22(32-2)15-11-20)34-17-24-27-16-23(33-24)18-6-4-3-5-7-18/h3-16H,17H2,1-2H3. The maximum atomic E-state index is 5.96. The van der Waals surface area contributed by atoms with Crippen LogP contribution in [0.2, 0.25) is 0 Å². The second kappa shape index (κ2) is 9.84. The Morgan fingerprint density at radius 1 is 0.794 bits per heavy atom. The zero-order valence-corrected chi connectivity index (χ0v) is 19.5. The molecule has 8 heteroatoms. The number of hydrogen-bond donors (Lipinski definition) is 0. The Labute approximate surface area is 201 Å². The maximum Gasteiger partial charge on any atom is 0.205 e. The van der Waals surface area contributed by atoms with Crippen molar-refractivity contribution in [3.05, 3.63) is 91.0 Å². The fraction of sp³-hybridized carbons (Fsp3) is 0.115. The number of thioether (sulfide) groups is 1. The average Bonchev–Trinajstić information content (AvgIpc) is 3.55. The van der Waals surface area contributed by atoms with Crippen molar-refractivity contribution in [3.63, 3.8) is 0 Å². The van der Waals surface area contributed by atoms with E-state index in [1.54, 1.807) is 20.4 Å². The van der Waals surface area contributed by atoms with Gasteiger partial charge in [0.15, 0.2) is 16.7 Å². The number of oxazole rings is 1. The summed E-state index contributed by atoms with van der Waals surface area (Å²) in [4.78, 5) is 4.44. The van der Waals surface area contributed by atoms with Crippen molar-refractivity contribution in [2.45, 2.75) is 10.9 Å². The minimum Gasteiger partial charge on any atom is -0.497 e. The summed E-state index contributed by atoms with van der Waals surface area (Å²) >= 11 is 1.51. The van der Waals surface area contributed by atoms with Crippen LogP contribution in [0.1, 0.15) is 5.89 Å². The molecule has 5 rings (SSSR count). The van der Waals surface area contributed by atoms with Crippen LogP contribution in [-0.4, -0.2) is 34.0 Å². The molecule has 0 spiro atoms. The average molecular weight is 471 g/mol. The summed E-state index contributed by atoms with van der Waals surface area (Å²) < 4.78 is 18.6. The number of ether oxygens (including phenoxy) is 2. The van der Waals surface area contributed by atoms with Gasteiger partial charge in [-0.05, 0) is 48.5 Å². The molecule has 0 bridgehead atoms. The Morgan fingerprint density at radius 2 is 1.47 bits per heavy atom. The van der Waals surface area contributed by atoms with Gasteiger partial charge in [-0.2, -0.15) is 0 Å². The van der Waals surface area contributed by atoms with Gasteiger partial charge < -0.3 is 13.9 Å². The molecule has 0 amide bonds. The van der Waals surface area contributed by atoms with Gasteiger partial charge in [0, 0.05) is 16.8 Å². The van der Waals surface area contributed by atoms with E-state index in [4.69, 9.17) is 13.9 Å². The predicted molar refractivity (Wildman–Crippen MR) is 131 cm³/mol. The zero-order valence-electron chi connectivity index (χ0n) is 18.7. The molecule has 0 aliphatic rings. The third kappa shape index (κ3) is 4.53. The Morgan fingerprint density at radius 3 is 2.15 bits per heavy atom. The van der Waals surface area contributed by atoms with Gasteiger partial charge in [-0.25, -0.2) is 4.98 Å². The Hall–Kier alpha value is -4.04. The quantitative estimate of drug-likeness (QED) is 0.261. The normalized spacial score (nSPS) is 10.9. The summed E-state index contributed by atoms with van der Waals surface area (Å²) in [5.74, 6) is 4.18. The highest BCUT2D eigenvalue weighted by Crippen LogP contribution is 2.32. The van der Waals surface area contributed by atoms with Crippen molar-refractivity contribution in [2.24, 2.45) is 0 Å². The van der Waals surface area contributed by atoms with E-state index in [2.05, 4.69) is 15.2 Å². The number of rotatable bonds is 8. The molecule has 0 radical (unpaired) electrons. The number of hydrogen-bond acceptors (Lipinski definition) is 7. The summed E-state index contributed by atoms with van der Waals surface area (Å²) in [7, 11) is 3.30. The molecule has 2 heterocycles. The number of nitrogens with zero attached hydrogens (tertiary/aromatic N) is 4. The molecule has 0 aliphatic carbocycles. The van der Waals surface area contributed by atoms with Crippen LogP contribution in [0.25, 0.3) is 28.4 Å². The van der Waals surface area contributed by atoms with Gasteiger partial charge >= 0.3 is 0 Å². The van der Waals surface area contributed by atoms with Gasteiger partial charge in [-0.1, -0.05) is 42.1 Å². The van der Waals surface area contributed by atoms with Gasteiger partial charge in [0.2, 0.25) is 5.89 Å². The minimum absolute atomic E-state index is 0.518. The Bertz CT molecular complexity index is 1360. The summed E-state index contributed by atoms with van der Waals surface area (Å²) in [6.07, 6.45) is 1.75. The first-order chi connectivity index (χ1) is 16.7. The van der Waals surface area contributed by atoms with Crippen LogP contribution in [0.3, 0.4) is 0 Å². The second-order valence-electron chi connectivity index (χ2n) is 7.34. The van der Waals surface area contributed by atoms with Crippen LogP contribution in [0.15, 0.2) is 94.6 Å². The van der Waals surface area contributed by atoms with Crippen molar-refractivity contribution in [2.75, 3.05) is 14.2 Å². The van der Waals surface area contributed by atoms with Crippen molar-refractivity contribution in [1.29, 1.82) is 0 Å². The Balaban J connectivity index is 1.45. The molecule has 7 nitrogen and oxygen atoms in total. The lowest BCUT2D eigenvalue weighted by Gasteiger charge is -2.11. The van der Waals surface area contributed by atoms with Gasteiger partial charge in [0.05, 0.1) is 26.2 Å². The van der Waals surface area contributed by atoms with Gasteiger partial charge in [0.25, 0.3) is 0 Å². The molecule has 0 saturated heterocycles. The smallest absolute Gasteiger partial charge is 0.205 e. The van der Waals surface area contributed by atoms with Crippen molar-refractivity contribution < 1.29 is 13.9 Å². The van der Waals surface area contributed by atoms with E-state index in [1.165, 1.54) is 11.8 Å². The van der Waals surface area contributed by atoms with Crippen LogP contribution >= 0.6 is 11.8 Å². The third-order valence-corrected chi connectivity index (χ3v) is 6.16. The lowest BCUT2D eigenvalue weighted by Crippen LogP contribution is -2.00. The van der Waals surface area contributed by atoms with E-state index in [1.807, 2.05) is 83.4 Å². The molecule has 0 N–H and O–H groups in total. The number of methoxy groups -OCH3 is 2. The van der Waals surface area contributed by atoms with Crippen molar-refractivity contribution in [3.8, 4) is 39.9 Å². The fourth-order valence-electron chi connectivity index (χ4n) is 3.49. The maximum absolute atomic E-state index is 5.96. The summed E-state index contributed by atoms with van der Waals surface area (Å²) in [6, 6.07) is 25.5. The number of aromatic nitrogens is 4. The van der Waals surface area contributed by atoms with Crippen LogP contribution in [0, 0.1) is 0 Å². The van der Waals surface area contributed by atoms with Gasteiger partial charge in [0.1, 0.15) is 11.5 Å². The fourth-order valence-corrected chi connectivity index (χ4v) is 4.30. The van der Waals surface area contributed by atoms with Crippen LogP contribution in [-0.2, 0) is 5.75 Å². The second-order valence-corrected chi connectivity index (χ2v) is 8.28. The first kappa shape index (κ1) is 21.8. The van der Waals surface area contributed by atoms with E-state index in [0.717, 1.165) is 45.1 Å². The molecule has 2 aromatic heterocycles. The molecule has 0 aliphatic heterocycles. The van der Waals surface area contributed by atoms with Crippen LogP contribution in [0.5, 0.6) is 11.5 Å².